The van der Waals surface area contributed by atoms with E-state index >= 15 is 0 Å². The van der Waals surface area contributed by atoms with Gasteiger partial charge in [0.25, 0.3) is 0 Å². The Morgan fingerprint density at radius 2 is 2.39 bits per heavy atom. The molecule has 102 valence electrons. The fourth-order valence-electron chi connectivity index (χ4n) is 1.51. The zero-order chi connectivity index (χ0) is 13.5. The van der Waals surface area contributed by atoms with E-state index in [2.05, 4.69) is 23.7 Å². The smallest absolute Gasteiger partial charge is 0.196 e. The Bertz CT molecular complexity index is 384. The lowest BCUT2D eigenvalue weighted by molar-refractivity contribution is 0.101. The highest BCUT2D eigenvalue weighted by Gasteiger charge is 2.18. The summed E-state index contributed by atoms with van der Waals surface area (Å²) in [5.41, 5.74) is 0.454. The van der Waals surface area contributed by atoms with Crippen molar-refractivity contribution in [3.05, 3.63) is 11.1 Å². The Morgan fingerprint density at radius 3 is 2.94 bits per heavy atom. The zero-order valence-corrected chi connectivity index (χ0v) is 12.6. The largest absolute Gasteiger partial charge is 0.383 e. The maximum atomic E-state index is 11.5. The summed E-state index contributed by atoms with van der Waals surface area (Å²) in [6.07, 6.45) is 1.02. The van der Waals surface area contributed by atoms with Crippen LogP contribution in [0.3, 0.4) is 0 Å². The number of nitrogens with zero attached hydrogens (tertiary/aromatic N) is 2. The summed E-state index contributed by atoms with van der Waals surface area (Å²) in [7, 11) is 1.68. The van der Waals surface area contributed by atoms with Gasteiger partial charge in [-0.1, -0.05) is 6.92 Å². The summed E-state index contributed by atoms with van der Waals surface area (Å²) in [6, 6.07) is 0.366. The first kappa shape index (κ1) is 15.4. The van der Waals surface area contributed by atoms with Gasteiger partial charge in [-0.3, -0.25) is 4.79 Å². The van der Waals surface area contributed by atoms with Gasteiger partial charge < -0.3 is 9.64 Å². The van der Waals surface area contributed by atoms with Crippen LogP contribution >= 0.6 is 22.9 Å². The van der Waals surface area contributed by atoms with Crippen molar-refractivity contribution in [3.63, 3.8) is 0 Å². The van der Waals surface area contributed by atoms with Crippen molar-refractivity contribution in [2.24, 2.45) is 0 Å². The zero-order valence-electron chi connectivity index (χ0n) is 11.0. The number of rotatable bonds is 8. The maximum absolute atomic E-state index is 11.5. The van der Waals surface area contributed by atoms with E-state index in [1.807, 2.05) is 0 Å². The summed E-state index contributed by atoms with van der Waals surface area (Å²) >= 11 is 7.01. The minimum atomic E-state index is -0.130. The molecule has 1 heterocycles. The number of ketones is 1. The van der Waals surface area contributed by atoms with Crippen LogP contribution in [-0.2, 0) is 4.74 Å². The van der Waals surface area contributed by atoms with Gasteiger partial charge in [0.15, 0.2) is 10.9 Å². The lowest BCUT2D eigenvalue weighted by Crippen LogP contribution is -2.35. The molecular weight excluding hydrogens is 272 g/mol. The van der Waals surface area contributed by atoms with Crippen LogP contribution < -0.4 is 4.90 Å². The SMILES string of the molecule is CCC(C)N(CCOC)c1nc(C(=O)CCl)cs1. The number of ether oxygens (including phenoxy) is 1. The van der Waals surface area contributed by atoms with Crippen molar-refractivity contribution >= 4 is 33.9 Å². The first-order valence-corrected chi connectivity index (χ1v) is 7.35. The molecular formula is C12H19ClN2O2S. The van der Waals surface area contributed by atoms with Gasteiger partial charge in [-0.05, 0) is 13.3 Å². The first-order chi connectivity index (χ1) is 8.63. The lowest BCUT2D eigenvalue weighted by atomic mass is 10.2. The average Bonchev–Trinajstić information content (AvgIpc) is 2.87. The van der Waals surface area contributed by atoms with Gasteiger partial charge in [0, 0.05) is 25.1 Å². The quantitative estimate of drug-likeness (QED) is 0.545. The number of carbonyl (C=O) groups is 1. The molecule has 1 atom stereocenters. The van der Waals surface area contributed by atoms with Crippen LogP contribution in [0.5, 0.6) is 0 Å². The van der Waals surface area contributed by atoms with Crippen molar-refractivity contribution in [3.8, 4) is 0 Å². The standard InChI is InChI=1S/C12H19ClN2O2S/c1-4-9(2)15(5-6-17-3)12-14-10(8-18-12)11(16)7-13/h8-9H,4-7H2,1-3H3. The number of aromatic nitrogens is 1. The molecule has 0 amide bonds. The topological polar surface area (TPSA) is 42.4 Å². The minimum Gasteiger partial charge on any atom is -0.383 e. The molecule has 0 aliphatic heterocycles. The molecule has 18 heavy (non-hydrogen) atoms. The van der Waals surface area contributed by atoms with Crippen LogP contribution in [0.2, 0.25) is 0 Å². The third-order valence-corrected chi connectivity index (χ3v) is 3.92. The Morgan fingerprint density at radius 1 is 1.67 bits per heavy atom. The van der Waals surface area contributed by atoms with Crippen molar-refractivity contribution in [2.75, 3.05) is 31.0 Å². The van der Waals surface area contributed by atoms with E-state index in [1.54, 1.807) is 12.5 Å². The van der Waals surface area contributed by atoms with Gasteiger partial charge in [-0.25, -0.2) is 4.98 Å². The number of anilines is 1. The Kier molecular flexibility index (Phi) is 6.60. The monoisotopic (exact) mass is 290 g/mol. The second kappa shape index (κ2) is 7.71. The number of hydrogen-bond donors (Lipinski definition) is 0. The van der Waals surface area contributed by atoms with Crippen LogP contribution in [0.4, 0.5) is 5.13 Å². The predicted octanol–water partition coefficient (Wildman–Crippen LogP) is 2.82. The molecule has 0 spiro atoms. The first-order valence-electron chi connectivity index (χ1n) is 5.94. The molecule has 0 saturated heterocycles. The van der Waals surface area contributed by atoms with Crippen molar-refractivity contribution in [2.45, 2.75) is 26.3 Å². The van der Waals surface area contributed by atoms with E-state index < -0.39 is 0 Å². The molecule has 0 aliphatic rings. The Labute approximate surface area is 117 Å². The third-order valence-electron chi connectivity index (χ3n) is 2.80. The molecule has 6 heteroatoms. The highest BCUT2D eigenvalue weighted by atomic mass is 35.5. The van der Waals surface area contributed by atoms with Crippen LogP contribution in [0.15, 0.2) is 5.38 Å². The van der Waals surface area contributed by atoms with E-state index in [-0.39, 0.29) is 11.7 Å². The number of thiazole rings is 1. The average molecular weight is 291 g/mol. The van der Waals surface area contributed by atoms with Crippen LogP contribution in [0, 0.1) is 0 Å². The summed E-state index contributed by atoms with van der Waals surface area (Å²) in [6.45, 7) is 5.68. The fourth-order valence-corrected chi connectivity index (χ4v) is 2.60. The van der Waals surface area contributed by atoms with Crippen molar-refractivity contribution in [1.82, 2.24) is 4.98 Å². The number of Topliss-reactive ketones (excluding diaryl/α,β-unsaturated/α-hetero) is 1. The second-order valence-electron chi connectivity index (χ2n) is 4.02. The highest BCUT2D eigenvalue weighted by molar-refractivity contribution is 7.14. The third kappa shape index (κ3) is 3.93. The van der Waals surface area contributed by atoms with Crippen LogP contribution in [-0.4, -0.2) is 43.0 Å². The molecule has 0 aromatic carbocycles. The summed E-state index contributed by atoms with van der Waals surface area (Å²) in [5, 5.41) is 2.62. The molecule has 0 N–H and O–H groups in total. The van der Waals surface area contributed by atoms with Crippen LogP contribution in [0.25, 0.3) is 0 Å². The van der Waals surface area contributed by atoms with Gasteiger partial charge in [-0.15, -0.1) is 22.9 Å². The summed E-state index contributed by atoms with van der Waals surface area (Å²) in [4.78, 5) is 18.0. The normalized spacial score (nSPS) is 12.4. The molecule has 0 aliphatic carbocycles. The van der Waals surface area contributed by atoms with Gasteiger partial charge in [0.2, 0.25) is 0 Å². The van der Waals surface area contributed by atoms with E-state index in [0.29, 0.717) is 18.3 Å². The molecule has 0 radical (unpaired) electrons. The number of halogens is 1. The van der Waals surface area contributed by atoms with Crippen LogP contribution in [0.1, 0.15) is 30.8 Å². The van der Waals surface area contributed by atoms with Gasteiger partial charge in [0.05, 0.1) is 12.5 Å². The molecule has 0 fully saturated rings. The predicted molar refractivity (Wildman–Crippen MR) is 76.1 cm³/mol. The molecule has 0 saturated carbocycles. The van der Waals surface area contributed by atoms with Gasteiger partial charge in [0.1, 0.15) is 5.69 Å². The lowest BCUT2D eigenvalue weighted by Gasteiger charge is -2.27. The molecule has 1 aromatic rings. The summed E-state index contributed by atoms with van der Waals surface area (Å²) in [5.74, 6) is -0.153. The highest BCUT2D eigenvalue weighted by Crippen LogP contribution is 2.23. The van der Waals surface area contributed by atoms with E-state index in [4.69, 9.17) is 16.3 Å². The molecule has 4 nitrogen and oxygen atoms in total. The Balaban J connectivity index is 2.84. The Hall–Kier alpha value is -0.650. The molecule has 1 rings (SSSR count). The minimum absolute atomic E-state index is 0.0232. The summed E-state index contributed by atoms with van der Waals surface area (Å²) < 4.78 is 5.11. The molecule has 0 bridgehead atoms. The number of hydrogen-bond acceptors (Lipinski definition) is 5. The fraction of sp³-hybridized carbons (Fsp3) is 0.667. The second-order valence-corrected chi connectivity index (χ2v) is 5.12. The number of methoxy groups -OCH3 is 1. The number of carbonyl (C=O) groups excluding carboxylic acids is 1. The van der Waals surface area contributed by atoms with E-state index in [0.717, 1.165) is 18.1 Å². The van der Waals surface area contributed by atoms with E-state index in [1.165, 1.54) is 11.3 Å². The number of alkyl halides is 1. The van der Waals surface area contributed by atoms with E-state index in [9.17, 15) is 4.79 Å². The molecule has 1 aromatic heterocycles. The maximum Gasteiger partial charge on any atom is 0.196 e. The van der Waals surface area contributed by atoms with Crippen molar-refractivity contribution in [1.29, 1.82) is 0 Å². The van der Waals surface area contributed by atoms with Gasteiger partial charge in [-0.2, -0.15) is 0 Å². The van der Waals surface area contributed by atoms with Gasteiger partial charge >= 0.3 is 0 Å². The molecule has 1 unspecified atom stereocenters. The van der Waals surface area contributed by atoms with Crippen molar-refractivity contribution < 1.29 is 9.53 Å².